The van der Waals surface area contributed by atoms with Crippen molar-refractivity contribution >= 4 is 16.1 Å². The standard InChI is InChI=1S/C12H14F2O6S/c13-12(14,21(17,18)19)8(15)20-5-9-1-6-2-11(16)4-10(9,3-9)7(6)11/h6-7,16H,1-5H2,(H,17,18,19). The van der Waals surface area contributed by atoms with Crippen LogP contribution in [0.1, 0.15) is 25.7 Å². The number of aliphatic hydroxyl groups is 1. The van der Waals surface area contributed by atoms with Crippen molar-refractivity contribution in [3.05, 3.63) is 0 Å². The molecule has 118 valence electrons. The maximum absolute atomic E-state index is 13.1. The summed E-state index contributed by atoms with van der Waals surface area (Å²) in [6.07, 6.45) is 2.74. The van der Waals surface area contributed by atoms with Crippen molar-refractivity contribution in [2.45, 2.75) is 36.5 Å². The number of halogens is 2. The lowest BCUT2D eigenvalue weighted by molar-refractivity contribution is -0.241. The van der Waals surface area contributed by atoms with Crippen molar-refractivity contribution in [1.29, 1.82) is 0 Å². The molecule has 21 heavy (non-hydrogen) atoms. The molecule has 1 spiro atoms. The van der Waals surface area contributed by atoms with Crippen molar-refractivity contribution in [1.82, 2.24) is 0 Å². The molecule has 4 aliphatic rings. The number of ether oxygens (including phenoxy) is 1. The fraction of sp³-hybridized carbons (Fsp3) is 0.917. The first-order valence-corrected chi connectivity index (χ1v) is 8.16. The van der Waals surface area contributed by atoms with E-state index in [2.05, 4.69) is 4.74 Å². The zero-order valence-electron chi connectivity index (χ0n) is 10.9. The number of alkyl halides is 2. The second-order valence-corrected chi connectivity index (χ2v) is 8.57. The van der Waals surface area contributed by atoms with Crippen LogP contribution in [-0.2, 0) is 19.6 Å². The Kier molecular flexibility index (Phi) is 2.14. The number of hydrogen-bond donors (Lipinski definition) is 2. The van der Waals surface area contributed by atoms with Crippen molar-refractivity contribution in [3.63, 3.8) is 0 Å². The molecule has 5 atom stereocenters. The molecular formula is C12H14F2O6S. The highest BCUT2D eigenvalue weighted by molar-refractivity contribution is 7.87. The zero-order valence-corrected chi connectivity index (χ0v) is 11.7. The molecular weight excluding hydrogens is 310 g/mol. The first-order valence-electron chi connectivity index (χ1n) is 6.72. The molecule has 4 rings (SSSR count). The highest BCUT2D eigenvalue weighted by Crippen LogP contribution is 2.92. The van der Waals surface area contributed by atoms with Gasteiger partial charge in [0.25, 0.3) is 0 Å². The number of rotatable bonds is 4. The van der Waals surface area contributed by atoms with Gasteiger partial charge in [0.1, 0.15) is 0 Å². The third kappa shape index (κ3) is 1.34. The minimum Gasteiger partial charge on any atom is -0.460 e. The van der Waals surface area contributed by atoms with E-state index >= 15 is 0 Å². The molecule has 4 fully saturated rings. The Bertz CT molecular complexity index is 663. The Labute approximate surface area is 119 Å². The Balaban J connectivity index is 1.45. The monoisotopic (exact) mass is 324 g/mol. The molecule has 0 radical (unpaired) electrons. The maximum Gasteiger partial charge on any atom is 0.465 e. The molecule has 0 heterocycles. The molecule has 4 saturated carbocycles. The Morgan fingerprint density at radius 3 is 2.52 bits per heavy atom. The van der Waals surface area contributed by atoms with Crippen LogP contribution in [-0.4, -0.2) is 41.5 Å². The summed E-state index contributed by atoms with van der Waals surface area (Å²) >= 11 is 0. The van der Waals surface area contributed by atoms with E-state index in [9.17, 15) is 27.1 Å². The number of carbonyl (C=O) groups is 1. The van der Waals surface area contributed by atoms with Gasteiger partial charge in [0.2, 0.25) is 0 Å². The molecule has 4 aliphatic carbocycles. The number of carbonyl (C=O) groups excluding carboxylic acids is 1. The first-order chi connectivity index (χ1) is 9.48. The van der Waals surface area contributed by atoms with Crippen LogP contribution >= 0.6 is 0 Å². The van der Waals surface area contributed by atoms with Crippen molar-refractivity contribution < 1.29 is 36.4 Å². The summed E-state index contributed by atoms with van der Waals surface area (Å²) in [5, 5.41) is 5.19. The quantitative estimate of drug-likeness (QED) is 0.579. The van der Waals surface area contributed by atoms with Crippen LogP contribution in [0.4, 0.5) is 8.78 Å². The van der Waals surface area contributed by atoms with Crippen LogP contribution in [0.3, 0.4) is 0 Å². The summed E-state index contributed by atoms with van der Waals surface area (Å²) in [7, 11) is -5.83. The third-order valence-electron chi connectivity index (χ3n) is 6.16. The normalized spacial score (nSPS) is 49.5. The van der Waals surface area contributed by atoms with Gasteiger partial charge in [-0.15, -0.1) is 0 Å². The summed E-state index contributed by atoms with van der Waals surface area (Å²) in [5.41, 5.74) is -1.13. The van der Waals surface area contributed by atoms with Gasteiger partial charge >= 0.3 is 21.3 Å². The molecule has 6 nitrogen and oxygen atoms in total. The van der Waals surface area contributed by atoms with Gasteiger partial charge in [0, 0.05) is 5.41 Å². The predicted octanol–water partition coefficient (Wildman–Crippen LogP) is 0.561. The topological polar surface area (TPSA) is 101 Å². The molecule has 9 heteroatoms. The summed E-state index contributed by atoms with van der Waals surface area (Å²) in [6, 6.07) is 0. The molecule has 0 aromatic carbocycles. The van der Waals surface area contributed by atoms with Crippen LogP contribution in [0.2, 0.25) is 0 Å². The lowest BCUT2D eigenvalue weighted by Crippen LogP contribution is -2.65. The van der Waals surface area contributed by atoms with Crippen molar-refractivity contribution in [2.75, 3.05) is 6.61 Å². The van der Waals surface area contributed by atoms with E-state index in [-0.39, 0.29) is 17.9 Å². The average Bonchev–Trinajstić information content (AvgIpc) is 2.88. The van der Waals surface area contributed by atoms with E-state index in [1.165, 1.54) is 0 Å². The lowest BCUT2D eigenvalue weighted by atomic mass is 9.45. The molecule has 0 saturated heterocycles. The van der Waals surface area contributed by atoms with Gasteiger partial charge in [-0.25, -0.2) is 4.79 Å². The van der Waals surface area contributed by atoms with Crippen LogP contribution in [0.15, 0.2) is 0 Å². The Morgan fingerprint density at radius 2 is 2.00 bits per heavy atom. The summed E-state index contributed by atoms with van der Waals surface area (Å²) in [5.74, 6) is -1.72. The van der Waals surface area contributed by atoms with Crippen molar-refractivity contribution in [3.8, 4) is 0 Å². The van der Waals surface area contributed by atoms with E-state index in [1.54, 1.807) is 0 Å². The zero-order chi connectivity index (χ0) is 15.5. The van der Waals surface area contributed by atoms with Gasteiger partial charge < -0.3 is 9.84 Å². The first kappa shape index (κ1) is 13.8. The third-order valence-corrected chi connectivity index (χ3v) is 6.98. The average molecular weight is 324 g/mol. The van der Waals surface area contributed by atoms with Crippen LogP contribution in [0.5, 0.6) is 0 Å². The fourth-order valence-corrected chi connectivity index (χ4v) is 5.78. The Hall–Kier alpha value is -0.800. The summed E-state index contributed by atoms with van der Waals surface area (Å²) < 4.78 is 60.0. The van der Waals surface area contributed by atoms with Gasteiger partial charge in [0.05, 0.1) is 12.2 Å². The second-order valence-electron chi connectivity index (χ2n) is 7.11. The SMILES string of the molecule is O=C(OCC12CC3CC4(O)CC1(C2)C34)C(F)(F)S(=O)(=O)O. The minimum atomic E-state index is -5.83. The number of hydrogen-bond acceptors (Lipinski definition) is 5. The fourth-order valence-electron chi connectivity index (χ4n) is 5.51. The van der Waals surface area contributed by atoms with E-state index in [4.69, 9.17) is 4.55 Å². The van der Waals surface area contributed by atoms with Gasteiger partial charge in [-0.1, -0.05) is 0 Å². The molecule has 0 aromatic heterocycles. The number of esters is 1. The van der Waals surface area contributed by atoms with Gasteiger partial charge in [0.15, 0.2) is 0 Å². The Morgan fingerprint density at radius 1 is 1.33 bits per heavy atom. The van der Waals surface area contributed by atoms with Crippen molar-refractivity contribution in [2.24, 2.45) is 22.7 Å². The highest BCUT2D eigenvalue weighted by atomic mass is 32.2. The van der Waals surface area contributed by atoms with E-state index in [0.717, 1.165) is 0 Å². The van der Waals surface area contributed by atoms with Gasteiger partial charge in [-0.2, -0.15) is 17.2 Å². The highest BCUT2D eigenvalue weighted by Gasteiger charge is 2.90. The largest absolute Gasteiger partial charge is 0.465 e. The van der Waals surface area contributed by atoms with E-state index in [0.29, 0.717) is 31.6 Å². The van der Waals surface area contributed by atoms with E-state index in [1.807, 2.05) is 0 Å². The van der Waals surface area contributed by atoms with Gasteiger partial charge in [-0.05, 0) is 42.9 Å². The van der Waals surface area contributed by atoms with Crippen LogP contribution in [0.25, 0.3) is 0 Å². The minimum absolute atomic E-state index is 0.113. The molecule has 0 bridgehead atoms. The van der Waals surface area contributed by atoms with Gasteiger partial charge in [-0.3, -0.25) is 4.55 Å². The molecule has 0 amide bonds. The smallest absolute Gasteiger partial charge is 0.460 e. The van der Waals surface area contributed by atoms with E-state index < -0.39 is 32.4 Å². The predicted molar refractivity (Wildman–Crippen MR) is 62.7 cm³/mol. The molecule has 2 N–H and O–H groups in total. The molecule has 0 aliphatic heterocycles. The maximum atomic E-state index is 13.1. The molecule has 0 aromatic rings. The second kappa shape index (κ2) is 3.26. The summed E-state index contributed by atoms with van der Waals surface area (Å²) in [6.45, 7) is -0.278. The summed E-state index contributed by atoms with van der Waals surface area (Å²) in [4.78, 5) is 11.2. The van der Waals surface area contributed by atoms with Crippen LogP contribution < -0.4 is 0 Å². The van der Waals surface area contributed by atoms with Crippen LogP contribution in [0, 0.1) is 22.7 Å². The lowest BCUT2D eigenvalue weighted by Gasteiger charge is -2.63. The molecule has 5 unspecified atom stereocenters.